The first-order valence-electron chi connectivity index (χ1n) is 8.06. The van der Waals surface area contributed by atoms with Crippen LogP contribution in [0.25, 0.3) is 11.1 Å². The van der Waals surface area contributed by atoms with Gasteiger partial charge in [0.1, 0.15) is 5.69 Å². The highest BCUT2D eigenvalue weighted by Gasteiger charge is 2.30. The van der Waals surface area contributed by atoms with Crippen molar-refractivity contribution in [2.24, 2.45) is 5.92 Å². The van der Waals surface area contributed by atoms with Crippen LogP contribution in [0.1, 0.15) is 36.5 Å². The molecule has 22 heavy (non-hydrogen) atoms. The van der Waals surface area contributed by atoms with E-state index in [0.717, 1.165) is 36.2 Å². The number of aryl methyl sites for hydroxylation is 3. The van der Waals surface area contributed by atoms with E-state index in [1.165, 1.54) is 12.0 Å². The summed E-state index contributed by atoms with van der Waals surface area (Å²) in [6, 6.07) is 4.15. The average molecular weight is 297 g/mol. The molecule has 0 bridgehead atoms. The Kier molecular flexibility index (Phi) is 3.67. The zero-order chi connectivity index (χ0) is 16.0. The lowest BCUT2D eigenvalue weighted by Gasteiger charge is -2.34. The number of piperidine rings is 1. The third kappa shape index (κ3) is 2.29. The Morgan fingerprint density at radius 1 is 1.00 bits per heavy atom. The van der Waals surface area contributed by atoms with E-state index in [-0.39, 0.29) is 10.9 Å². The maximum Gasteiger partial charge on any atom is 0.250 e. The van der Waals surface area contributed by atoms with Crippen molar-refractivity contribution in [3.63, 3.8) is 0 Å². The fourth-order valence-electron chi connectivity index (χ4n) is 3.55. The summed E-state index contributed by atoms with van der Waals surface area (Å²) in [6.07, 6.45) is 2.29. The Morgan fingerprint density at radius 3 is 2.36 bits per heavy atom. The van der Waals surface area contributed by atoms with Crippen LogP contribution >= 0.6 is 0 Å². The van der Waals surface area contributed by atoms with Gasteiger partial charge < -0.3 is 4.90 Å². The van der Waals surface area contributed by atoms with Crippen molar-refractivity contribution >= 4 is 5.69 Å². The molecule has 0 unspecified atom stereocenters. The van der Waals surface area contributed by atoms with E-state index in [4.69, 9.17) is 0 Å². The van der Waals surface area contributed by atoms with Crippen molar-refractivity contribution in [2.75, 3.05) is 18.0 Å². The van der Waals surface area contributed by atoms with Gasteiger partial charge in [0.2, 0.25) is 10.9 Å². The van der Waals surface area contributed by atoms with E-state index < -0.39 is 0 Å². The van der Waals surface area contributed by atoms with Crippen molar-refractivity contribution in [2.45, 2.75) is 40.5 Å². The third-order valence-corrected chi connectivity index (χ3v) is 4.97. The Hall–Kier alpha value is -1.90. The van der Waals surface area contributed by atoms with Gasteiger partial charge in [0.15, 0.2) is 0 Å². The summed E-state index contributed by atoms with van der Waals surface area (Å²) in [6.45, 7) is 10.1. The summed E-state index contributed by atoms with van der Waals surface area (Å²) < 4.78 is 0. The summed E-state index contributed by atoms with van der Waals surface area (Å²) in [7, 11) is 0. The van der Waals surface area contributed by atoms with E-state index in [1.54, 1.807) is 0 Å². The summed E-state index contributed by atoms with van der Waals surface area (Å²) in [5, 5.41) is 0. The normalized spacial score (nSPS) is 18.9. The van der Waals surface area contributed by atoms with Crippen molar-refractivity contribution in [3.05, 3.63) is 49.3 Å². The number of anilines is 1. The molecule has 0 spiro atoms. The molecule has 0 aromatic heterocycles. The molecule has 0 saturated carbocycles. The first-order valence-corrected chi connectivity index (χ1v) is 8.06. The van der Waals surface area contributed by atoms with Crippen LogP contribution in [0.5, 0.6) is 0 Å². The maximum atomic E-state index is 12.2. The summed E-state index contributed by atoms with van der Waals surface area (Å²) in [4.78, 5) is 26.5. The van der Waals surface area contributed by atoms with E-state index in [9.17, 15) is 9.59 Å². The fourth-order valence-corrected chi connectivity index (χ4v) is 3.55. The first kappa shape index (κ1) is 15.0. The topological polar surface area (TPSA) is 37.4 Å². The van der Waals surface area contributed by atoms with E-state index in [1.807, 2.05) is 13.8 Å². The van der Waals surface area contributed by atoms with Gasteiger partial charge in [0, 0.05) is 13.1 Å². The average Bonchev–Trinajstić information content (AvgIpc) is 2.48. The van der Waals surface area contributed by atoms with Crippen LogP contribution in [-0.4, -0.2) is 13.1 Å². The largest absolute Gasteiger partial charge is 0.367 e. The third-order valence-electron chi connectivity index (χ3n) is 4.97. The monoisotopic (exact) mass is 297 g/mol. The second kappa shape index (κ2) is 5.38. The van der Waals surface area contributed by atoms with Crippen LogP contribution in [0, 0.1) is 26.7 Å². The molecule has 3 heteroatoms. The summed E-state index contributed by atoms with van der Waals surface area (Å²) in [5.41, 5.74) is 5.05. The van der Waals surface area contributed by atoms with Gasteiger partial charge in [-0.05, 0) is 61.8 Å². The zero-order valence-corrected chi connectivity index (χ0v) is 13.8. The van der Waals surface area contributed by atoms with E-state index in [2.05, 4.69) is 30.9 Å². The fraction of sp³-hybridized carbons (Fsp3) is 0.474. The molecular weight excluding hydrogens is 274 g/mol. The van der Waals surface area contributed by atoms with Crippen LogP contribution in [0.4, 0.5) is 5.69 Å². The van der Waals surface area contributed by atoms with Crippen molar-refractivity contribution in [1.82, 2.24) is 0 Å². The maximum absolute atomic E-state index is 12.2. The summed E-state index contributed by atoms with van der Waals surface area (Å²) >= 11 is 0. The lowest BCUT2D eigenvalue weighted by atomic mass is 9.90. The number of nitrogens with zero attached hydrogens (tertiary/aromatic N) is 1. The smallest absolute Gasteiger partial charge is 0.250 e. The summed E-state index contributed by atoms with van der Waals surface area (Å²) in [5.74, 6) is 0.576. The van der Waals surface area contributed by atoms with Crippen molar-refractivity contribution < 1.29 is 0 Å². The first-order chi connectivity index (χ1) is 10.4. The van der Waals surface area contributed by atoms with Crippen LogP contribution in [-0.2, 0) is 0 Å². The molecule has 0 aliphatic carbocycles. The van der Waals surface area contributed by atoms with E-state index >= 15 is 0 Å². The molecule has 1 aliphatic rings. The second-order valence-corrected chi connectivity index (χ2v) is 6.83. The minimum atomic E-state index is -0.320. The molecule has 116 valence electrons. The van der Waals surface area contributed by atoms with Gasteiger partial charge in [-0.2, -0.15) is 0 Å². The SMILES string of the molecule is Cc1cc(C)c(-c2c(N3CCC[C@H](C)C3)c(=O)c2=O)cc1C. The van der Waals surface area contributed by atoms with Gasteiger partial charge in [-0.1, -0.05) is 19.1 Å². The molecule has 0 radical (unpaired) electrons. The zero-order valence-electron chi connectivity index (χ0n) is 13.8. The molecule has 1 atom stereocenters. The highest BCUT2D eigenvalue weighted by atomic mass is 16.2. The Morgan fingerprint density at radius 2 is 1.68 bits per heavy atom. The Bertz CT molecular complexity index is 796. The van der Waals surface area contributed by atoms with Gasteiger partial charge in [-0.15, -0.1) is 0 Å². The highest BCUT2D eigenvalue weighted by molar-refractivity contribution is 5.84. The van der Waals surface area contributed by atoms with Crippen LogP contribution in [0.2, 0.25) is 0 Å². The van der Waals surface area contributed by atoms with Gasteiger partial charge >= 0.3 is 0 Å². The quantitative estimate of drug-likeness (QED) is 0.799. The molecule has 1 fully saturated rings. The molecule has 2 aromatic carbocycles. The molecule has 0 amide bonds. The lowest BCUT2D eigenvalue weighted by molar-refractivity contribution is 0.446. The molecule has 3 nitrogen and oxygen atoms in total. The molecule has 1 aliphatic heterocycles. The predicted octanol–water partition coefficient (Wildman–Crippen LogP) is 3.11. The van der Waals surface area contributed by atoms with Crippen LogP contribution < -0.4 is 15.8 Å². The number of hydrogen-bond donors (Lipinski definition) is 0. The minimum Gasteiger partial charge on any atom is -0.367 e. The van der Waals surface area contributed by atoms with E-state index in [0.29, 0.717) is 17.2 Å². The van der Waals surface area contributed by atoms with Gasteiger partial charge in [-0.3, -0.25) is 9.59 Å². The van der Waals surface area contributed by atoms with Gasteiger partial charge in [0.05, 0.1) is 5.56 Å². The number of hydrogen-bond acceptors (Lipinski definition) is 3. The van der Waals surface area contributed by atoms with Gasteiger partial charge in [0.25, 0.3) is 0 Å². The van der Waals surface area contributed by atoms with Crippen molar-refractivity contribution in [3.8, 4) is 11.1 Å². The number of benzene rings is 1. The Labute approximate surface area is 131 Å². The lowest BCUT2D eigenvalue weighted by Crippen LogP contribution is -2.45. The molecule has 2 aromatic rings. The Balaban J connectivity index is 2.10. The number of rotatable bonds is 2. The second-order valence-electron chi connectivity index (χ2n) is 6.83. The minimum absolute atomic E-state index is 0.304. The molecule has 1 saturated heterocycles. The van der Waals surface area contributed by atoms with Crippen LogP contribution in [0.15, 0.2) is 21.7 Å². The standard InChI is InChI=1S/C19H23NO2/c1-11-6-5-7-20(10-11)17-16(18(21)19(17)22)15-9-13(3)12(2)8-14(15)4/h8-9,11H,5-7,10H2,1-4H3/t11-/m0/s1. The molecule has 3 rings (SSSR count). The van der Waals surface area contributed by atoms with Crippen molar-refractivity contribution in [1.29, 1.82) is 0 Å². The van der Waals surface area contributed by atoms with Gasteiger partial charge in [-0.25, -0.2) is 0 Å². The van der Waals surface area contributed by atoms with Crippen LogP contribution in [0.3, 0.4) is 0 Å². The molecule has 0 N–H and O–H groups in total. The molecular formula is C19H23NO2. The molecule has 1 heterocycles. The highest BCUT2D eigenvalue weighted by Crippen LogP contribution is 2.33. The predicted molar refractivity (Wildman–Crippen MR) is 91.6 cm³/mol.